The van der Waals surface area contributed by atoms with Gasteiger partial charge in [0.1, 0.15) is 5.82 Å². The van der Waals surface area contributed by atoms with Crippen molar-refractivity contribution in [2.24, 2.45) is 0 Å². The van der Waals surface area contributed by atoms with Gasteiger partial charge in [0, 0.05) is 31.7 Å². The minimum atomic E-state index is -0.258. The molecule has 0 saturated carbocycles. The Bertz CT molecular complexity index is 1190. The first-order valence-corrected chi connectivity index (χ1v) is 12.0. The fourth-order valence-corrected chi connectivity index (χ4v) is 4.62. The van der Waals surface area contributed by atoms with Gasteiger partial charge in [0.2, 0.25) is 5.91 Å². The number of carbonyl (C=O) groups excluding carboxylic acids is 1. The molecule has 4 rings (SSSR count). The molecule has 33 heavy (non-hydrogen) atoms. The highest BCUT2D eigenvalue weighted by molar-refractivity contribution is 7.99. The Labute approximate surface area is 196 Å². The summed E-state index contributed by atoms with van der Waals surface area (Å²) >= 11 is 1.23. The summed E-state index contributed by atoms with van der Waals surface area (Å²) < 4.78 is 13.1. The molecule has 0 unspecified atom stereocenters. The molecule has 1 amide bonds. The second kappa shape index (κ2) is 10.3. The lowest BCUT2D eigenvalue weighted by atomic mass is 10.0. The highest BCUT2D eigenvalue weighted by atomic mass is 32.2. The summed E-state index contributed by atoms with van der Waals surface area (Å²) in [6, 6.07) is 14.2. The van der Waals surface area contributed by atoms with E-state index in [0.717, 1.165) is 29.1 Å². The van der Waals surface area contributed by atoms with Crippen LogP contribution in [0.3, 0.4) is 0 Å². The fraction of sp³-hybridized carbons (Fsp3) is 0.320. The number of aromatic nitrogens is 2. The molecule has 6 nitrogen and oxygen atoms in total. The van der Waals surface area contributed by atoms with Crippen molar-refractivity contribution >= 4 is 23.4 Å². The third-order valence-electron chi connectivity index (χ3n) is 5.64. The number of nitrogens with zero attached hydrogens (tertiary/aromatic N) is 2. The Kier molecular flexibility index (Phi) is 7.25. The van der Waals surface area contributed by atoms with Crippen LogP contribution in [0.1, 0.15) is 42.1 Å². The number of fused-ring (bicyclic) bond motifs is 1. The highest BCUT2D eigenvalue weighted by Crippen LogP contribution is 2.24. The molecular formula is C25H27FN4O2S. The third kappa shape index (κ3) is 5.89. The van der Waals surface area contributed by atoms with Crippen LogP contribution in [-0.2, 0) is 24.3 Å². The molecule has 8 heteroatoms. The second-order valence-electron chi connectivity index (χ2n) is 8.46. The normalized spacial score (nSPS) is 13.7. The minimum Gasteiger partial charge on any atom is -0.325 e. The topological polar surface area (TPSA) is 78.1 Å². The maximum Gasteiger partial charge on any atom is 0.256 e. The largest absolute Gasteiger partial charge is 0.325 e. The van der Waals surface area contributed by atoms with Crippen LogP contribution in [0, 0.1) is 5.82 Å². The number of para-hydroxylation sites is 1. The van der Waals surface area contributed by atoms with E-state index in [1.165, 1.54) is 23.9 Å². The molecule has 0 aliphatic carbocycles. The zero-order valence-corrected chi connectivity index (χ0v) is 19.5. The van der Waals surface area contributed by atoms with Crippen molar-refractivity contribution in [1.82, 2.24) is 14.9 Å². The number of H-pyrrole nitrogens is 1. The Morgan fingerprint density at radius 3 is 2.73 bits per heavy atom. The van der Waals surface area contributed by atoms with Gasteiger partial charge in [0.25, 0.3) is 5.56 Å². The van der Waals surface area contributed by atoms with E-state index >= 15 is 0 Å². The van der Waals surface area contributed by atoms with Gasteiger partial charge in [-0.25, -0.2) is 9.37 Å². The van der Waals surface area contributed by atoms with Crippen molar-refractivity contribution in [2.75, 3.05) is 17.6 Å². The number of halogens is 1. The van der Waals surface area contributed by atoms with E-state index in [9.17, 15) is 14.0 Å². The maximum absolute atomic E-state index is 13.1. The summed E-state index contributed by atoms with van der Waals surface area (Å²) in [5, 5.41) is 3.42. The molecule has 3 aromatic rings. The Hall–Kier alpha value is -2.97. The predicted octanol–water partition coefficient (Wildman–Crippen LogP) is 4.32. The van der Waals surface area contributed by atoms with Gasteiger partial charge in [0.05, 0.1) is 17.0 Å². The summed E-state index contributed by atoms with van der Waals surface area (Å²) in [7, 11) is 0. The van der Waals surface area contributed by atoms with Crippen LogP contribution in [0.5, 0.6) is 0 Å². The van der Waals surface area contributed by atoms with Crippen molar-refractivity contribution in [1.29, 1.82) is 0 Å². The molecule has 2 heterocycles. The number of nitrogens with one attached hydrogen (secondary N) is 2. The zero-order chi connectivity index (χ0) is 23.4. The van der Waals surface area contributed by atoms with Gasteiger partial charge in [-0.05, 0) is 35.2 Å². The highest BCUT2D eigenvalue weighted by Gasteiger charge is 2.22. The van der Waals surface area contributed by atoms with Crippen molar-refractivity contribution in [3.8, 4) is 0 Å². The predicted molar refractivity (Wildman–Crippen MR) is 129 cm³/mol. The van der Waals surface area contributed by atoms with Crippen LogP contribution in [0.4, 0.5) is 10.1 Å². The number of thioether (sulfide) groups is 1. The lowest BCUT2D eigenvalue weighted by molar-refractivity contribution is -0.113. The smallest absolute Gasteiger partial charge is 0.256 e. The summed E-state index contributed by atoms with van der Waals surface area (Å²) in [6.45, 7) is 6.07. The molecule has 1 aliphatic rings. The average Bonchev–Trinajstić information content (AvgIpc) is 2.80. The number of hydrogen-bond donors (Lipinski definition) is 2. The van der Waals surface area contributed by atoms with Crippen molar-refractivity contribution in [3.05, 3.63) is 87.1 Å². The van der Waals surface area contributed by atoms with E-state index in [2.05, 4.69) is 34.0 Å². The van der Waals surface area contributed by atoms with Gasteiger partial charge in [0.15, 0.2) is 5.16 Å². The molecule has 0 saturated heterocycles. The monoisotopic (exact) mass is 466 g/mol. The Morgan fingerprint density at radius 2 is 1.97 bits per heavy atom. The molecule has 1 aliphatic heterocycles. The number of aromatic amines is 1. The van der Waals surface area contributed by atoms with Crippen LogP contribution < -0.4 is 10.9 Å². The summed E-state index contributed by atoms with van der Waals surface area (Å²) in [4.78, 5) is 34.8. The van der Waals surface area contributed by atoms with Crippen molar-refractivity contribution in [3.63, 3.8) is 0 Å². The minimum absolute atomic E-state index is 0.140. The number of hydrogen-bond acceptors (Lipinski definition) is 5. The standard InChI is InChI=1S/C25H27FN4O2S/c1-16(2)19-5-3-4-6-21(19)27-23(31)15-33-25-28-22-11-12-30(14-20(22)24(32)29-25)13-17-7-9-18(26)10-8-17/h3-10,16H,11-15H2,1-2H3,(H,27,31)(H,28,29,32). The van der Waals surface area contributed by atoms with E-state index < -0.39 is 0 Å². The van der Waals surface area contributed by atoms with Crippen LogP contribution in [0.15, 0.2) is 58.5 Å². The zero-order valence-electron chi connectivity index (χ0n) is 18.7. The molecule has 2 aromatic carbocycles. The van der Waals surface area contributed by atoms with Gasteiger partial charge in [-0.2, -0.15) is 0 Å². The molecule has 0 fully saturated rings. The van der Waals surface area contributed by atoms with Gasteiger partial charge < -0.3 is 10.3 Å². The number of amides is 1. The molecule has 0 spiro atoms. The molecule has 0 atom stereocenters. The Morgan fingerprint density at radius 1 is 1.21 bits per heavy atom. The number of benzene rings is 2. The van der Waals surface area contributed by atoms with Gasteiger partial charge in [-0.15, -0.1) is 0 Å². The first-order valence-electron chi connectivity index (χ1n) is 11.0. The molecule has 2 N–H and O–H groups in total. The van der Waals surface area contributed by atoms with Crippen LogP contribution in [-0.4, -0.2) is 33.1 Å². The van der Waals surface area contributed by atoms with Crippen LogP contribution in [0.2, 0.25) is 0 Å². The Balaban J connectivity index is 1.37. The molecule has 172 valence electrons. The summed E-state index contributed by atoms with van der Waals surface area (Å²) in [6.07, 6.45) is 0.655. The first kappa shape index (κ1) is 23.2. The van der Waals surface area contributed by atoms with E-state index in [0.29, 0.717) is 36.1 Å². The van der Waals surface area contributed by atoms with E-state index in [-0.39, 0.29) is 23.0 Å². The number of carbonyl (C=O) groups is 1. The summed E-state index contributed by atoms with van der Waals surface area (Å²) in [5.41, 5.74) is 4.16. The lowest BCUT2D eigenvalue weighted by Gasteiger charge is -2.27. The molecular weight excluding hydrogens is 439 g/mol. The average molecular weight is 467 g/mol. The first-order chi connectivity index (χ1) is 15.9. The van der Waals surface area contributed by atoms with Gasteiger partial charge in [-0.1, -0.05) is 55.9 Å². The molecule has 0 bridgehead atoms. The van der Waals surface area contributed by atoms with Crippen LogP contribution in [0.25, 0.3) is 0 Å². The SMILES string of the molecule is CC(C)c1ccccc1NC(=O)CSc1nc2c(c(=O)[nH]1)CN(Cc1ccc(F)cc1)CC2. The third-order valence-corrected chi connectivity index (χ3v) is 6.52. The van der Waals surface area contributed by atoms with E-state index in [4.69, 9.17) is 0 Å². The van der Waals surface area contributed by atoms with Crippen molar-refractivity contribution in [2.45, 2.75) is 44.4 Å². The summed E-state index contributed by atoms with van der Waals surface area (Å²) in [5.74, 6) is 0.0609. The number of rotatable bonds is 7. The number of anilines is 1. The van der Waals surface area contributed by atoms with E-state index in [1.54, 1.807) is 12.1 Å². The second-order valence-corrected chi connectivity index (χ2v) is 9.43. The molecule has 1 aromatic heterocycles. The molecule has 0 radical (unpaired) electrons. The van der Waals surface area contributed by atoms with Gasteiger partial charge >= 0.3 is 0 Å². The lowest BCUT2D eigenvalue weighted by Crippen LogP contribution is -2.35. The quantitative estimate of drug-likeness (QED) is 0.401. The van der Waals surface area contributed by atoms with E-state index in [1.807, 2.05) is 24.3 Å². The fourth-order valence-electron chi connectivity index (χ4n) is 3.94. The van der Waals surface area contributed by atoms with Gasteiger partial charge in [-0.3, -0.25) is 14.5 Å². The van der Waals surface area contributed by atoms with Crippen molar-refractivity contribution < 1.29 is 9.18 Å². The maximum atomic E-state index is 13.1. The van der Waals surface area contributed by atoms with Crippen LogP contribution >= 0.6 is 11.8 Å².